The van der Waals surface area contributed by atoms with Gasteiger partial charge in [0.1, 0.15) is 11.5 Å². The van der Waals surface area contributed by atoms with Crippen molar-refractivity contribution in [1.82, 2.24) is 0 Å². The summed E-state index contributed by atoms with van der Waals surface area (Å²) in [6.45, 7) is 1.64. The van der Waals surface area contributed by atoms with Gasteiger partial charge in [0.15, 0.2) is 0 Å². The number of nitrogens with zero attached hydrogens (tertiary/aromatic N) is 1. The first-order valence-corrected chi connectivity index (χ1v) is 5.94. The van der Waals surface area contributed by atoms with Gasteiger partial charge in [-0.25, -0.2) is 9.18 Å². The summed E-state index contributed by atoms with van der Waals surface area (Å²) in [4.78, 5) is 21.3. The van der Waals surface area contributed by atoms with Crippen molar-refractivity contribution >= 4 is 23.0 Å². The molecule has 0 radical (unpaired) electrons. The minimum absolute atomic E-state index is 0.0724. The molecule has 0 heterocycles. The summed E-state index contributed by atoms with van der Waals surface area (Å²) >= 11 is 0. The molecule has 0 bridgehead atoms. The van der Waals surface area contributed by atoms with E-state index in [1.807, 2.05) is 0 Å². The molecule has 0 saturated heterocycles. The molecule has 21 heavy (non-hydrogen) atoms. The number of carboxylic acid groups (broad SMARTS) is 1. The zero-order valence-corrected chi connectivity index (χ0v) is 11.0. The van der Waals surface area contributed by atoms with E-state index in [1.165, 1.54) is 12.1 Å². The van der Waals surface area contributed by atoms with Gasteiger partial charge < -0.3 is 10.4 Å². The van der Waals surface area contributed by atoms with E-state index in [0.29, 0.717) is 5.56 Å². The molecule has 7 heteroatoms. The molecule has 0 fully saturated rings. The Bertz CT molecular complexity index is 711. The largest absolute Gasteiger partial charge is 0.478 e. The van der Waals surface area contributed by atoms with E-state index in [4.69, 9.17) is 5.11 Å². The molecule has 0 atom stereocenters. The topological polar surface area (TPSA) is 92.5 Å². The molecule has 2 rings (SSSR count). The number of aromatic carboxylic acids is 1. The summed E-state index contributed by atoms with van der Waals surface area (Å²) in [6, 6.07) is 7.66. The second kappa shape index (κ2) is 5.58. The van der Waals surface area contributed by atoms with Crippen LogP contribution in [0.4, 0.5) is 21.5 Å². The predicted molar refractivity (Wildman–Crippen MR) is 74.5 cm³/mol. The summed E-state index contributed by atoms with van der Waals surface area (Å²) in [5, 5.41) is 22.5. The fraction of sp³-hybridized carbons (Fsp3) is 0.0714. The molecule has 0 amide bonds. The smallest absolute Gasteiger partial charge is 0.335 e. The van der Waals surface area contributed by atoms with Crippen LogP contribution in [-0.4, -0.2) is 16.0 Å². The normalized spacial score (nSPS) is 10.2. The SMILES string of the molecule is Cc1cccc(F)c1Nc1cc(C(=O)O)ccc1[N+](=O)[O-]. The Balaban J connectivity index is 2.53. The van der Waals surface area contributed by atoms with E-state index in [9.17, 15) is 19.3 Å². The Hall–Kier alpha value is -2.96. The number of nitro benzene ring substituents is 1. The highest BCUT2D eigenvalue weighted by molar-refractivity contribution is 5.90. The maximum absolute atomic E-state index is 13.8. The van der Waals surface area contributed by atoms with Crippen LogP contribution in [-0.2, 0) is 0 Å². The minimum Gasteiger partial charge on any atom is -0.478 e. The van der Waals surface area contributed by atoms with Crippen molar-refractivity contribution < 1.29 is 19.2 Å². The standard InChI is InChI=1S/C14H11FN2O4/c1-8-3-2-4-10(15)13(8)16-11-7-9(14(18)19)5-6-12(11)17(20)21/h2-7,16H,1H3,(H,18,19). The molecule has 0 unspecified atom stereocenters. The molecule has 0 saturated carbocycles. The third kappa shape index (κ3) is 2.97. The van der Waals surface area contributed by atoms with Crippen LogP contribution in [0.25, 0.3) is 0 Å². The molecule has 0 aliphatic carbocycles. The lowest BCUT2D eigenvalue weighted by Crippen LogP contribution is -2.03. The van der Waals surface area contributed by atoms with E-state index in [0.717, 1.165) is 18.2 Å². The van der Waals surface area contributed by atoms with Gasteiger partial charge in [0.05, 0.1) is 16.2 Å². The maximum atomic E-state index is 13.8. The van der Waals surface area contributed by atoms with Crippen molar-refractivity contribution in [2.24, 2.45) is 0 Å². The lowest BCUT2D eigenvalue weighted by atomic mass is 10.1. The average Bonchev–Trinajstić information content (AvgIpc) is 2.42. The quantitative estimate of drug-likeness (QED) is 0.664. The minimum atomic E-state index is -1.22. The number of nitrogens with one attached hydrogen (secondary N) is 1. The summed E-state index contributed by atoms with van der Waals surface area (Å²) in [5.41, 5.74) is 0.0843. The highest BCUT2D eigenvalue weighted by atomic mass is 19.1. The van der Waals surface area contributed by atoms with Crippen molar-refractivity contribution in [3.05, 3.63) is 63.5 Å². The second-order valence-corrected chi connectivity index (χ2v) is 4.35. The number of carboxylic acids is 1. The number of hydrogen-bond acceptors (Lipinski definition) is 4. The second-order valence-electron chi connectivity index (χ2n) is 4.35. The van der Waals surface area contributed by atoms with Gasteiger partial charge in [-0.05, 0) is 30.7 Å². The van der Waals surface area contributed by atoms with Gasteiger partial charge in [0.25, 0.3) is 5.69 Å². The number of carbonyl (C=O) groups is 1. The van der Waals surface area contributed by atoms with Gasteiger partial charge in [0, 0.05) is 6.07 Å². The first kappa shape index (κ1) is 14.4. The highest BCUT2D eigenvalue weighted by Crippen LogP contribution is 2.31. The van der Waals surface area contributed by atoms with Crippen molar-refractivity contribution in [3.63, 3.8) is 0 Å². The molecule has 0 spiro atoms. The number of hydrogen-bond donors (Lipinski definition) is 2. The molecule has 2 aromatic rings. The Morgan fingerprint density at radius 3 is 2.62 bits per heavy atom. The lowest BCUT2D eigenvalue weighted by Gasteiger charge is -2.11. The van der Waals surface area contributed by atoms with Crippen LogP contribution in [0.5, 0.6) is 0 Å². The Labute approximate surface area is 119 Å². The third-order valence-electron chi connectivity index (χ3n) is 2.92. The number of para-hydroxylation sites is 1. The Morgan fingerprint density at radius 2 is 2.05 bits per heavy atom. The molecular formula is C14H11FN2O4. The fourth-order valence-corrected chi connectivity index (χ4v) is 1.85. The van der Waals surface area contributed by atoms with Crippen LogP contribution in [0.15, 0.2) is 36.4 Å². The van der Waals surface area contributed by atoms with Gasteiger partial charge in [-0.15, -0.1) is 0 Å². The van der Waals surface area contributed by atoms with Gasteiger partial charge in [-0.3, -0.25) is 10.1 Å². The molecular weight excluding hydrogens is 279 g/mol. The van der Waals surface area contributed by atoms with Crippen LogP contribution in [0.3, 0.4) is 0 Å². The summed E-state index contributed by atoms with van der Waals surface area (Å²) in [7, 11) is 0. The highest BCUT2D eigenvalue weighted by Gasteiger charge is 2.18. The summed E-state index contributed by atoms with van der Waals surface area (Å²) in [6.07, 6.45) is 0. The molecule has 0 aromatic heterocycles. The Morgan fingerprint density at radius 1 is 1.33 bits per heavy atom. The number of benzene rings is 2. The number of nitro groups is 1. The average molecular weight is 290 g/mol. The van der Waals surface area contributed by atoms with Gasteiger partial charge in [0.2, 0.25) is 0 Å². The lowest BCUT2D eigenvalue weighted by molar-refractivity contribution is -0.383. The first-order valence-electron chi connectivity index (χ1n) is 5.94. The van der Waals surface area contributed by atoms with Crippen LogP contribution in [0.1, 0.15) is 15.9 Å². The van der Waals surface area contributed by atoms with Crippen molar-refractivity contribution in [2.45, 2.75) is 6.92 Å². The molecule has 6 nitrogen and oxygen atoms in total. The molecule has 2 aromatic carbocycles. The molecule has 2 N–H and O–H groups in total. The first-order chi connectivity index (χ1) is 9.90. The maximum Gasteiger partial charge on any atom is 0.335 e. The van der Waals surface area contributed by atoms with Crippen LogP contribution >= 0.6 is 0 Å². The van der Waals surface area contributed by atoms with E-state index in [-0.39, 0.29) is 22.6 Å². The van der Waals surface area contributed by atoms with Crippen LogP contribution < -0.4 is 5.32 Å². The Kier molecular flexibility index (Phi) is 3.84. The molecule has 0 aliphatic heterocycles. The summed E-state index contributed by atoms with van der Waals surface area (Å²) < 4.78 is 13.8. The zero-order chi connectivity index (χ0) is 15.6. The number of rotatable bonds is 4. The van der Waals surface area contributed by atoms with Gasteiger partial charge in [-0.2, -0.15) is 0 Å². The van der Waals surface area contributed by atoms with Crippen LogP contribution in [0, 0.1) is 22.9 Å². The van der Waals surface area contributed by atoms with Crippen molar-refractivity contribution in [1.29, 1.82) is 0 Å². The van der Waals surface area contributed by atoms with Crippen molar-refractivity contribution in [2.75, 3.05) is 5.32 Å². The number of halogens is 1. The van der Waals surface area contributed by atoms with E-state index >= 15 is 0 Å². The van der Waals surface area contributed by atoms with Crippen LogP contribution in [0.2, 0.25) is 0 Å². The zero-order valence-electron chi connectivity index (χ0n) is 11.0. The van der Waals surface area contributed by atoms with E-state index in [2.05, 4.69) is 5.32 Å². The van der Waals surface area contributed by atoms with Gasteiger partial charge in [-0.1, -0.05) is 12.1 Å². The van der Waals surface area contributed by atoms with Crippen molar-refractivity contribution in [3.8, 4) is 0 Å². The summed E-state index contributed by atoms with van der Waals surface area (Å²) in [5.74, 6) is -1.80. The third-order valence-corrected chi connectivity index (χ3v) is 2.92. The van der Waals surface area contributed by atoms with Gasteiger partial charge >= 0.3 is 5.97 Å². The number of aryl methyl sites for hydroxylation is 1. The fourth-order valence-electron chi connectivity index (χ4n) is 1.85. The van der Waals surface area contributed by atoms with E-state index in [1.54, 1.807) is 13.0 Å². The van der Waals surface area contributed by atoms with E-state index < -0.39 is 16.7 Å². The molecule has 108 valence electrons. The predicted octanol–water partition coefficient (Wildman–Crippen LogP) is 3.48. The monoisotopic (exact) mass is 290 g/mol. The number of anilines is 2. The molecule has 0 aliphatic rings.